The molecular weight excluding hydrogens is 295 g/mol. The van der Waals surface area contributed by atoms with E-state index in [-0.39, 0.29) is 18.1 Å². The van der Waals surface area contributed by atoms with Crippen molar-refractivity contribution in [3.05, 3.63) is 71.7 Å². The first-order valence-corrected chi connectivity index (χ1v) is 7.19. The smallest absolute Gasteiger partial charge is 0.230 e. The fraction of sp³-hybridized carbons (Fsp3) is 0.111. The summed E-state index contributed by atoms with van der Waals surface area (Å²) in [6.45, 7) is 1.98. The second-order valence-electron chi connectivity index (χ2n) is 5.25. The molecular formula is C18H15FN2O2. The molecule has 0 bridgehead atoms. The van der Waals surface area contributed by atoms with Crippen LogP contribution in [0.5, 0.6) is 0 Å². The van der Waals surface area contributed by atoms with Crippen LogP contribution in [0.1, 0.15) is 11.3 Å². The number of nitrogens with zero attached hydrogens (tertiary/aromatic N) is 1. The molecule has 0 unspecified atom stereocenters. The van der Waals surface area contributed by atoms with Crippen LogP contribution in [-0.2, 0) is 11.2 Å². The summed E-state index contributed by atoms with van der Waals surface area (Å²) in [6.07, 6.45) is 0.0613. The molecule has 0 saturated carbocycles. The van der Waals surface area contributed by atoms with E-state index in [1.165, 1.54) is 6.07 Å². The number of benzene rings is 2. The molecule has 0 aliphatic carbocycles. The lowest BCUT2D eigenvalue weighted by Gasteiger charge is -2.03. The minimum atomic E-state index is -0.390. The Balaban J connectivity index is 1.68. The van der Waals surface area contributed by atoms with Crippen molar-refractivity contribution >= 4 is 11.6 Å². The van der Waals surface area contributed by atoms with E-state index in [0.717, 1.165) is 11.3 Å². The molecule has 4 nitrogen and oxygen atoms in total. The third-order valence-electron chi connectivity index (χ3n) is 3.38. The van der Waals surface area contributed by atoms with Gasteiger partial charge in [-0.3, -0.25) is 4.79 Å². The lowest BCUT2D eigenvalue weighted by Crippen LogP contribution is -2.14. The average molecular weight is 310 g/mol. The Bertz CT molecular complexity index is 825. The van der Waals surface area contributed by atoms with Crippen molar-refractivity contribution < 1.29 is 13.7 Å². The van der Waals surface area contributed by atoms with Crippen LogP contribution < -0.4 is 5.32 Å². The number of nitrogens with one attached hydrogen (secondary N) is 1. The van der Waals surface area contributed by atoms with E-state index in [1.54, 1.807) is 24.3 Å². The van der Waals surface area contributed by atoms with Crippen LogP contribution in [0.25, 0.3) is 11.3 Å². The Labute approximate surface area is 132 Å². The molecule has 0 radical (unpaired) electrons. The minimum Gasteiger partial charge on any atom is -0.356 e. The molecule has 0 atom stereocenters. The molecule has 2 aromatic carbocycles. The third kappa shape index (κ3) is 3.63. The summed E-state index contributed by atoms with van der Waals surface area (Å²) in [6, 6.07) is 15.3. The molecule has 116 valence electrons. The van der Waals surface area contributed by atoms with Crippen LogP contribution in [-0.4, -0.2) is 11.1 Å². The van der Waals surface area contributed by atoms with E-state index < -0.39 is 0 Å². The fourth-order valence-electron chi connectivity index (χ4n) is 2.19. The highest BCUT2D eigenvalue weighted by molar-refractivity contribution is 5.92. The third-order valence-corrected chi connectivity index (χ3v) is 3.38. The Hall–Kier alpha value is -2.95. The van der Waals surface area contributed by atoms with Crippen LogP contribution >= 0.6 is 0 Å². The zero-order valence-corrected chi connectivity index (χ0v) is 12.5. The minimum absolute atomic E-state index is 0.0613. The summed E-state index contributed by atoms with van der Waals surface area (Å²) >= 11 is 0. The van der Waals surface area contributed by atoms with Gasteiger partial charge in [0, 0.05) is 11.8 Å². The number of hydrogen-bond donors (Lipinski definition) is 1. The molecule has 3 aromatic rings. The number of aromatic nitrogens is 1. The molecule has 1 aromatic heterocycles. The number of aryl methyl sites for hydroxylation is 1. The van der Waals surface area contributed by atoms with Gasteiger partial charge in [-0.05, 0) is 31.2 Å². The maximum Gasteiger partial charge on any atom is 0.230 e. The van der Waals surface area contributed by atoms with Crippen LogP contribution in [0, 0.1) is 12.7 Å². The van der Waals surface area contributed by atoms with E-state index >= 15 is 0 Å². The van der Waals surface area contributed by atoms with E-state index in [4.69, 9.17) is 4.52 Å². The number of amides is 1. The summed E-state index contributed by atoms with van der Waals surface area (Å²) in [5.41, 5.74) is 2.62. The van der Waals surface area contributed by atoms with E-state index in [1.807, 2.05) is 31.2 Å². The van der Waals surface area contributed by atoms with Gasteiger partial charge in [0.25, 0.3) is 0 Å². The van der Waals surface area contributed by atoms with E-state index in [9.17, 15) is 9.18 Å². The first-order valence-electron chi connectivity index (χ1n) is 7.19. The second kappa shape index (κ2) is 6.44. The molecule has 0 aliphatic heterocycles. The lowest BCUT2D eigenvalue weighted by atomic mass is 10.1. The predicted molar refractivity (Wildman–Crippen MR) is 85.4 cm³/mol. The van der Waals surface area contributed by atoms with Gasteiger partial charge in [-0.1, -0.05) is 35.0 Å². The van der Waals surface area contributed by atoms with E-state index in [0.29, 0.717) is 17.0 Å². The molecule has 0 spiro atoms. The Morgan fingerprint density at radius 1 is 1.17 bits per heavy atom. The molecule has 1 heterocycles. The number of hydrogen-bond acceptors (Lipinski definition) is 3. The number of carbonyl (C=O) groups is 1. The van der Waals surface area contributed by atoms with Gasteiger partial charge < -0.3 is 9.84 Å². The predicted octanol–water partition coefficient (Wildman–Crippen LogP) is 3.97. The van der Waals surface area contributed by atoms with Crippen molar-refractivity contribution in [3.63, 3.8) is 0 Å². The van der Waals surface area contributed by atoms with Gasteiger partial charge in [0.2, 0.25) is 5.91 Å². The second-order valence-corrected chi connectivity index (χ2v) is 5.25. The number of halogens is 1. The van der Waals surface area contributed by atoms with Crippen molar-refractivity contribution in [3.8, 4) is 11.3 Å². The highest BCUT2D eigenvalue weighted by Crippen LogP contribution is 2.23. The molecule has 0 fully saturated rings. The number of carbonyl (C=O) groups excluding carboxylic acids is 1. The average Bonchev–Trinajstić information content (AvgIpc) is 2.98. The monoisotopic (exact) mass is 310 g/mol. The molecule has 23 heavy (non-hydrogen) atoms. The van der Waals surface area contributed by atoms with Crippen molar-refractivity contribution in [2.24, 2.45) is 0 Å². The van der Waals surface area contributed by atoms with Crippen molar-refractivity contribution in [2.45, 2.75) is 13.3 Å². The molecule has 1 N–H and O–H groups in total. The maximum atomic E-state index is 13.7. The zero-order chi connectivity index (χ0) is 16.2. The molecule has 0 aliphatic rings. The molecule has 5 heteroatoms. The molecule has 3 rings (SSSR count). The van der Waals surface area contributed by atoms with Gasteiger partial charge in [-0.2, -0.15) is 0 Å². The topological polar surface area (TPSA) is 55.1 Å². The van der Waals surface area contributed by atoms with Crippen molar-refractivity contribution in [1.82, 2.24) is 5.16 Å². The normalized spacial score (nSPS) is 10.5. The molecule has 1 amide bonds. The van der Waals surface area contributed by atoms with Gasteiger partial charge in [0.15, 0.2) is 5.76 Å². The fourth-order valence-corrected chi connectivity index (χ4v) is 2.19. The standard InChI is InChI=1S/C18H15FN2O2/c1-12-6-8-13(9-7-12)20-18(22)11-14-10-17(23-21-14)15-4-2-3-5-16(15)19/h2-10H,11H2,1H3,(H,20,22). The summed E-state index contributed by atoms with van der Waals surface area (Å²) in [7, 11) is 0. The van der Waals surface area contributed by atoms with Gasteiger partial charge in [0.1, 0.15) is 5.82 Å². The highest BCUT2D eigenvalue weighted by atomic mass is 19.1. The zero-order valence-electron chi connectivity index (χ0n) is 12.5. The summed E-state index contributed by atoms with van der Waals surface area (Å²) in [4.78, 5) is 12.0. The van der Waals surface area contributed by atoms with Crippen LogP contribution in [0.15, 0.2) is 59.1 Å². The summed E-state index contributed by atoms with van der Waals surface area (Å²) in [5.74, 6) is -0.289. The quantitative estimate of drug-likeness (QED) is 0.793. The molecule has 0 saturated heterocycles. The Morgan fingerprint density at radius 3 is 2.65 bits per heavy atom. The van der Waals surface area contributed by atoms with Crippen molar-refractivity contribution in [2.75, 3.05) is 5.32 Å². The van der Waals surface area contributed by atoms with Gasteiger partial charge >= 0.3 is 0 Å². The Morgan fingerprint density at radius 2 is 1.91 bits per heavy atom. The largest absolute Gasteiger partial charge is 0.356 e. The maximum absolute atomic E-state index is 13.7. The summed E-state index contributed by atoms with van der Waals surface area (Å²) < 4.78 is 18.8. The van der Waals surface area contributed by atoms with E-state index in [2.05, 4.69) is 10.5 Å². The lowest BCUT2D eigenvalue weighted by molar-refractivity contribution is -0.115. The number of rotatable bonds is 4. The van der Waals surface area contributed by atoms with Gasteiger partial charge in [-0.25, -0.2) is 4.39 Å². The number of anilines is 1. The first kappa shape index (κ1) is 15.0. The first-order chi connectivity index (χ1) is 11.1. The van der Waals surface area contributed by atoms with Gasteiger partial charge in [-0.15, -0.1) is 0 Å². The van der Waals surface area contributed by atoms with Crippen molar-refractivity contribution in [1.29, 1.82) is 0 Å². The van der Waals surface area contributed by atoms with Crippen LogP contribution in [0.2, 0.25) is 0 Å². The summed E-state index contributed by atoms with van der Waals surface area (Å²) in [5, 5.41) is 6.61. The van der Waals surface area contributed by atoms with Crippen LogP contribution in [0.4, 0.5) is 10.1 Å². The highest BCUT2D eigenvalue weighted by Gasteiger charge is 2.13. The Kier molecular flexibility index (Phi) is 4.19. The van der Waals surface area contributed by atoms with Gasteiger partial charge in [0.05, 0.1) is 17.7 Å². The SMILES string of the molecule is Cc1ccc(NC(=O)Cc2cc(-c3ccccc3F)on2)cc1. The van der Waals surface area contributed by atoms with Crippen LogP contribution in [0.3, 0.4) is 0 Å².